The van der Waals surface area contributed by atoms with Crippen LogP contribution in [0, 0.1) is 47.3 Å². The van der Waals surface area contributed by atoms with Crippen LogP contribution in [-0.2, 0) is 19.2 Å². The van der Waals surface area contributed by atoms with Gasteiger partial charge in [-0.3, -0.25) is 19.2 Å². The fourth-order valence-electron chi connectivity index (χ4n) is 7.74. The summed E-state index contributed by atoms with van der Waals surface area (Å²) in [6, 6.07) is 6.83. The number of allylic oxidation sites excluding steroid dienone is 3. The number of amides is 4. The number of hydrogen-bond donors (Lipinski definition) is 1. The molecule has 0 aromatic heterocycles. The molecule has 9 unspecified atom stereocenters. The number of hydrogen-bond acceptors (Lipinski definition) is 5. The van der Waals surface area contributed by atoms with Crippen LogP contribution in [0.25, 0.3) is 0 Å². The normalized spacial score (nSPS) is 42.0. The molecular formula is C27H27N3O4. The Balaban J connectivity index is 1.22. The molecule has 3 aliphatic carbocycles. The number of rotatable bonds is 2. The number of anilines is 2. The zero-order valence-electron chi connectivity index (χ0n) is 19.0. The fraction of sp³-hybridized carbons (Fsp3) is 0.481. The highest BCUT2D eigenvalue weighted by molar-refractivity contribution is 6.25. The summed E-state index contributed by atoms with van der Waals surface area (Å²) in [4.78, 5) is 56.4. The number of fused-ring (bicyclic) bond motifs is 10. The number of carbonyl (C=O) groups is 4. The van der Waals surface area contributed by atoms with Gasteiger partial charge in [-0.15, -0.1) is 0 Å². The first-order valence-electron chi connectivity index (χ1n) is 12.4. The van der Waals surface area contributed by atoms with Crippen LogP contribution >= 0.6 is 0 Å². The number of imide groups is 2. The SMILES string of the molecule is CC1C=CC2CC1C1C(=O)N(c3cccc(N4C(=O)C5C6C=CCNC(C6)C5C4=O)c3)C(=O)C21. The molecule has 2 saturated carbocycles. The summed E-state index contributed by atoms with van der Waals surface area (Å²) in [5.41, 5.74) is 0.887. The summed E-state index contributed by atoms with van der Waals surface area (Å²) in [5, 5.41) is 3.39. The molecule has 2 saturated heterocycles. The molecule has 9 atom stereocenters. The Morgan fingerprint density at radius 2 is 1.38 bits per heavy atom. The Kier molecular flexibility index (Phi) is 4.17. The molecule has 0 spiro atoms. The molecule has 7 rings (SSSR count). The lowest BCUT2D eigenvalue weighted by molar-refractivity contribution is -0.124. The molecule has 1 N–H and O–H groups in total. The molecule has 3 heterocycles. The van der Waals surface area contributed by atoms with Crippen LogP contribution in [0.15, 0.2) is 48.6 Å². The van der Waals surface area contributed by atoms with Crippen molar-refractivity contribution in [2.75, 3.05) is 16.3 Å². The third-order valence-electron chi connectivity index (χ3n) is 9.25. The van der Waals surface area contributed by atoms with Crippen molar-refractivity contribution in [3.05, 3.63) is 48.6 Å². The molecule has 1 aromatic rings. The van der Waals surface area contributed by atoms with E-state index in [1.54, 1.807) is 24.3 Å². The molecule has 4 amide bonds. The number of benzene rings is 1. The largest absolute Gasteiger partial charge is 0.310 e. The van der Waals surface area contributed by atoms with Crippen LogP contribution in [0.3, 0.4) is 0 Å². The van der Waals surface area contributed by atoms with Crippen molar-refractivity contribution in [3.8, 4) is 0 Å². The molecule has 6 aliphatic rings. The maximum Gasteiger partial charge on any atom is 0.239 e. The van der Waals surface area contributed by atoms with Gasteiger partial charge in [0.05, 0.1) is 35.0 Å². The highest BCUT2D eigenvalue weighted by atomic mass is 16.2. The van der Waals surface area contributed by atoms with Gasteiger partial charge in [-0.1, -0.05) is 37.3 Å². The fourth-order valence-corrected chi connectivity index (χ4v) is 7.74. The topological polar surface area (TPSA) is 86.8 Å². The van der Waals surface area contributed by atoms with Gasteiger partial charge in [0.25, 0.3) is 0 Å². The highest BCUT2D eigenvalue weighted by Crippen LogP contribution is 2.54. The minimum Gasteiger partial charge on any atom is -0.310 e. The standard InChI is InChI=1S/C27H27N3O4/c1-13-7-8-15-10-18(13)22-20(15)24(31)29(26(22)33)16-5-2-6-17(12-16)30-25(32)21-14-4-3-9-28-19(11-14)23(21)27(30)34/h2-8,12-15,18-23,28H,9-11H2,1H3. The Labute approximate surface area is 197 Å². The Morgan fingerprint density at radius 3 is 2.12 bits per heavy atom. The lowest BCUT2D eigenvalue weighted by atomic mass is 9.82. The van der Waals surface area contributed by atoms with E-state index in [0.29, 0.717) is 17.9 Å². The van der Waals surface area contributed by atoms with E-state index in [1.165, 1.54) is 9.80 Å². The van der Waals surface area contributed by atoms with Crippen molar-refractivity contribution in [2.24, 2.45) is 47.3 Å². The Hall–Kier alpha value is -3.06. The van der Waals surface area contributed by atoms with E-state index in [2.05, 4.69) is 30.5 Å². The lowest BCUT2D eigenvalue weighted by Gasteiger charge is -2.26. The molecule has 3 aliphatic heterocycles. The van der Waals surface area contributed by atoms with Crippen LogP contribution in [0.1, 0.15) is 19.8 Å². The third kappa shape index (κ3) is 2.51. The van der Waals surface area contributed by atoms with E-state index in [0.717, 1.165) is 12.8 Å². The molecule has 34 heavy (non-hydrogen) atoms. The molecule has 4 bridgehead atoms. The van der Waals surface area contributed by atoms with Crippen molar-refractivity contribution in [1.82, 2.24) is 5.32 Å². The van der Waals surface area contributed by atoms with E-state index >= 15 is 0 Å². The van der Waals surface area contributed by atoms with Gasteiger partial charge < -0.3 is 5.32 Å². The van der Waals surface area contributed by atoms with Gasteiger partial charge in [-0.2, -0.15) is 0 Å². The van der Waals surface area contributed by atoms with Crippen LogP contribution in [0.2, 0.25) is 0 Å². The minimum atomic E-state index is -0.367. The van der Waals surface area contributed by atoms with Crippen molar-refractivity contribution >= 4 is 35.0 Å². The second kappa shape index (κ2) is 6.98. The second-order valence-corrected chi connectivity index (χ2v) is 10.8. The quantitative estimate of drug-likeness (QED) is 0.544. The van der Waals surface area contributed by atoms with Crippen molar-refractivity contribution < 1.29 is 19.2 Å². The van der Waals surface area contributed by atoms with Gasteiger partial charge in [0.15, 0.2) is 0 Å². The maximum absolute atomic E-state index is 13.5. The molecular weight excluding hydrogens is 430 g/mol. The number of nitrogens with zero attached hydrogens (tertiary/aromatic N) is 2. The average Bonchev–Trinajstić information content (AvgIpc) is 3.42. The van der Waals surface area contributed by atoms with Gasteiger partial charge in [0.2, 0.25) is 23.6 Å². The third-order valence-corrected chi connectivity index (χ3v) is 9.25. The van der Waals surface area contributed by atoms with Crippen LogP contribution in [0.5, 0.6) is 0 Å². The smallest absolute Gasteiger partial charge is 0.239 e. The first kappa shape index (κ1) is 20.3. The van der Waals surface area contributed by atoms with Gasteiger partial charge in [0.1, 0.15) is 0 Å². The first-order valence-corrected chi connectivity index (χ1v) is 12.4. The zero-order chi connectivity index (χ0) is 23.3. The van der Waals surface area contributed by atoms with E-state index in [4.69, 9.17) is 0 Å². The minimum absolute atomic E-state index is 0.00907. The van der Waals surface area contributed by atoms with Crippen molar-refractivity contribution in [2.45, 2.75) is 25.8 Å². The number of carbonyl (C=O) groups excluding carboxylic acids is 4. The summed E-state index contributed by atoms with van der Waals surface area (Å²) >= 11 is 0. The summed E-state index contributed by atoms with van der Waals surface area (Å²) in [6.07, 6.45) is 10.0. The van der Waals surface area contributed by atoms with E-state index in [1.807, 2.05) is 6.08 Å². The second-order valence-electron chi connectivity index (χ2n) is 10.8. The summed E-state index contributed by atoms with van der Waals surface area (Å²) in [7, 11) is 0. The van der Waals surface area contributed by atoms with E-state index in [9.17, 15) is 19.2 Å². The van der Waals surface area contributed by atoms with Gasteiger partial charge in [0, 0.05) is 12.6 Å². The Morgan fingerprint density at radius 1 is 0.765 bits per heavy atom. The molecule has 7 heteroatoms. The van der Waals surface area contributed by atoms with Crippen molar-refractivity contribution in [3.63, 3.8) is 0 Å². The van der Waals surface area contributed by atoms with Gasteiger partial charge in [-0.25, -0.2) is 9.80 Å². The number of nitrogens with one attached hydrogen (secondary N) is 1. The molecule has 4 fully saturated rings. The summed E-state index contributed by atoms with van der Waals surface area (Å²) in [5.74, 6) is -1.36. The molecule has 174 valence electrons. The molecule has 7 nitrogen and oxygen atoms in total. The van der Waals surface area contributed by atoms with E-state index < -0.39 is 0 Å². The van der Waals surface area contributed by atoms with Gasteiger partial charge >= 0.3 is 0 Å². The van der Waals surface area contributed by atoms with Crippen molar-refractivity contribution in [1.29, 1.82) is 0 Å². The predicted molar refractivity (Wildman–Crippen MR) is 124 cm³/mol. The highest BCUT2D eigenvalue weighted by Gasteiger charge is 2.61. The van der Waals surface area contributed by atoms with Crippen LogP contribution in [0.4, 0.5) is 11.4 Å². The zero-order valence-corrected chi connectivity index (χ0v) is 19.0. The first-order chi connectivity index (χ1) is 16.5. The Bertz CT molecular complexity index is 1190. The van der Waals surface area contributed by atoms with Crippen LogP contribution < -0.4 is 15.1 Å². The summed E-state index contributed by atoms with van der Waals surface area (Å²) in [6.45, 7) is 2.82. The maximum atomic E-state index is 13.5. The summed E-state index contributed by atoms with van der Waals surface area (Å²) < 4.78 is 0. The predicted octanol–water partition coefficient (Wildman–Crippen LogP) is 2.29. The monoisotopic (exact) mass is 457 g/mol. The molecule has 1 aromatic carbocycles. The van der Waals surface area contributed by atoms with Gasteiger partial charge in [-0.05, 0) is 54.7 Å². The van der Waals surface area contributed by atoms with E-state index in [-0.39, 0.29) is 77.0 Å². The average molecular weight is 458 g/mol. The lowest BCUT2D eigenvalue weighted by Crippen LogP contribution is -2.39. The molecule has 0 radical (unpaired) electrons. The van der Waals surface area contributed by atoms with Crippen LogP contribution in [-0.4, -0.2) is 36.2 Å².